The highest BCUT2D eigenvalue weighted by Gasteiger charge is 2.35. The summed E-state index contributed by atoms with van der Waals surface area (Å²) in [6.07, 6.45) is -0.418. The smallest absolute Gasteiger partial charge is 0.221 e. The van der Waals surface area contributed by atoms with Gasteiger partial charge in [-0.15, -0.1) is 0 Å². The minimum absolute atomic E-state index is 0.282. The molecule has 0 aliphatic heterocycles. The number of benzene rings is 1. The minimum atomic E-state index is -2.08. The summed E-state index contributed by atoms with van der Waals surface area (Å²) in [5.41, 5.74) is 1.62. The summed E-state index contributed by atoms with van der Waals surface area (Å²) < 4.78 is 14.1. The van der Waals surface area contributed by atoms with Crippen molar-refractivity contribution in [3.63, 3.8) is 0 Å². The number of alkyl halides is 1. The Morgan fingerprint density at radius 1 is 1.10 bits per heavy atom. The lowest BCUT2D eigenvalue weighted by atomic mass is 9.85. The molecule has 0 fully saturated rings. The molecule has 1 aromatic rings. The summed E-state index contributed by atoms with van der Waals surface area (Å²) in [6, 6.07) is 5.17. The van der Waals surface area contributed by atoms with Crippen LogP contribution >= 0.6 is 0 Å². The van der Waals surface area contributed by atoms with Crippen LogP contribution in [0.4, 0.5) is 4.39 Å². The number of halogens is 1. The molecule has 0 bridgehead atoms. The largest absolute Gasteiger partial charge is 0.295 e. The van der Waals surface area contributed by atoms with Gasteiger partial charge in [0.05, 0.1) is 0 Å². The number of ketones is 2. The van der Waals surface area contributed by atoms with E-state index in [2.05, 4.69) is 0 Å². The number of hydrogen-bond donors (Lipinski definition) is 0. The Bertz CT molecular complexity index is 512. The van der Waals surface area contributed by atoms with Gasteiger partial charge < -0.3 is 0 Å². The van der Waals surface area contributed by atoms with Gasteiger partial charge in [0.2, 0.25) is 12.0 Å². The lowest BCUT2D eigenvalue weighted by Crippen LogP contribution is -2.35. The van der Waals surface area contributed by atoms with Crippen LogP contribution in [0, 0.1) is 5.41 Å². The van der Waals surface area contributed by atoms with Crippen LogP contribution in [0.15, 0.2) is 18.2 Å². The van der Waals surface area contributed by atoms with Gasteiger partial charge in [0.1, 0.15) is 0 Å². The van der Waals surface area contributed by atoms with Crippen LogP contribution in [0.3, 0.4) is 0 Å². The van der Waals surface area contributed by atoms with Crippen molar-refractivity contribution in [3.8, 4) is 0 Å². The zero-order valence-electron chi connectivity index (χ0n) is 12.9. The second-order valence-corrected chi connectivity index (χ2v) is 6.03. The monoisotopic (exact) mass is 278 g/mol. The molecule has 1 rings (SSSR count). The Morgan fingerprint density at radius 2 is 1.65 bits per heavy atom. The first-order valence-electron chi connectivity index (χ1n) is 7.06. The first-order chi connectivity index (χ1) is 9.22. The number of hydrogen-bond acceptors (Lipinski definition) is 2. The molecule has 20 heavy (non-hydrogen) atoms. The molecule has 1 unspecified atom stereocenters. The molecular formula is C17H23FO2. The van der Waals surface area contributed by atoms with E-state index in [-0.39, 0.29) is 5.56 Å². The Kier molecular flexibility index (Phi) is 5.21. The van der Waals surface area contributed by atoms with E-state index in [1.165, 1.54) is 0 Å². The number of rotatable bonds is 5. The van der Waals surface area contributed by atoms with Crippen molar-refractivity contribution in [3.05, 3.63) is 34.9 Å². The molecule has 0 radical (unpaired) electrons. The molecule has 0 aromatic heterocycles. The van der Waals surface area contributed by atoms with Crippen molar-refractivity contribution in [1.29, 1.82) is 0 Å². The number of carbonyl (C=O) groups excluding carboxylic acids is 2. The van der Waals surface area contributed by atoms with Crippen molar-refractivity contribution in [1.82, 2.24) is 0 Å². The average molecular weight is 278 g/mol. The van der Waals surface area contributed by atoms with Gasteiger partial charge in [-0.1, -0.05) is 46.8 Å². The number of aryl methyl sites for hydroxylation is 2. The molecule has 0 aliphatic carbocycles. The highest BCUT2D eigenvalue weighted by molar-refractivity contribution is 6.14. The predicted octanol–water partition coefficient (Wildman–Crippen LogP) is 3.95. The molecule has 0 amide bonds. The molecule has 3 heteroatoms. The summed E-state index contributed by atoms with van der Waals surface area (Å²) >= 11 is 0. The lowest BCUT2D eigenvalue weighted by Gasteiger charge is -2.19. The van der Waals surface area contributed by atoms with Crippen LogP contribution in [0.1, 0.15) is 56.1 Å². The first kappa shape index (κ1) is 16.5. The third kappa shape index (κ3) is 3.53. The molecule has 0 saturated heterocycles. The fourth-order valence-corrected chi connectivity index (χ4v) is 2.10. The lowest BCUT2D eigenvalue weighted by molar-refractivity contribution is -0.129. The fourth-order valence-electron chi connectivity index (χ4n) is 2.10. The second-order valence-electron chi connectivity index (χ2n) is 6.03. The van der Waals surface area contributed by atoms with Crippen molar-refractivity contribution in [2.45, 2.75) is 53.6 Å². The molecule has 1 aromatic carbocycles. The van der Waals surface area contributed by atoms with Crippen molar-refractivity contribution in [2.75, 3.05) is 0 Å². The van der Waals surface area contributed by atoms with Crippen LogP contribution in [0.25, 0.3) is 0 Å². The Morgan fingerprint density at radius 3 is 2.10 bits per heavy atom. The maximum absolute atomic E-state index is 14.1. The summed E-state index contributed by atoms with van der Waals surface area (Å²) in [5.74, 6) is -1.40. The third-order valence-electron chi connectivity index (χ3n) is 3.45. The van der Waals surface area contributed by atoms with Gasteiger partial charge in [0.25, 0.3) is 0 Å². The highest BCUT2D eigenvalue weighted by atomic mass is 19.1. The summed E-state index contributed by atoms with van der Waals surface area (Å²) in [4.78, 5) is 24.0. The van der Waals surface area contributed by atoms with Gasteiger partial charge in [-0.05, 0) is 30.0 Å². The Hall–Kier alpha value is -1.51. The van der Waals surface area contributed by atoms with E-state index in [0.717, 1.165) is 24.0 Å². The number of carbonyl (C=O) groups is 2. The molecular weight excluding hydrogens is 255 g/mol. The van der Waals surface area contributed by atoms with Crippen LogP contribution < -0.4 is 0 Å². The zero-order valence-corrected chi connectivity index (χ0v) is 12.9. The Balaban J connectivity index is 3.07. The van der Waals surface area contributed by atoms with Crippen molar-refractivity contribution < 1.29 is 14.0 Å². The molecule has 1 atom stereocenters. The topological polar surface area (TPSA) is 34.1 Å². The van der Waals surface area contributed by atoms with E-state index in [9.17, 15) is 14.0 Å². The highest BCUT2D eigenvalue weighted by Crippen LogP contribution is 2.22. The van der Waals surface area contributed by atoms with E-state index < -0.39 is 23.2 Å². The van der Waals surface area contributed by atoms with Crippen LogP contribution in [-0.2, 0) is 17.6 Å². The normalized spacial score (nSPS) is 13.1. The van der Waals surface area contributed by atoms with Crippen LogP contribution in [0.2, 0.25) is 0 Å². The van der Waals surface area contributed by atoms with Gasteiger partial charge in [0.15, 0.2) is 5.78 Å². The third-order valence-corrected chi connectivity index (χ3v) is 3.45. The predicted molar refractivity (Wildman–Crippen MR) is 78.9 cm³/mol. The summed E-state index contributed by atoms with van der Waals surface area (Å²) in [5, 5.41) is 0. The Labute approximate surface area is 120 Å². The maximum Gasteiger partial charge on any atom is 0.221 e. The van der Waals surface area contributed by atoms with Crippen LogP contribution in [-0.4, -0.2) is 17.7 Å². The van der Waals surface area contributed by atoms with E-state index in [1.807, 2.05) is 19.9 Å². The fraction of sp³-hybridized carbons (Fsp3) is 0.529. The molecule has 110 valence electrons. The maximum atomic E-state index is 14.1. The van der Waals surface area contributed by atoms with E-state index in [1.54, 1.807) is 32.9 Å². The quantitative estimate of drug-likeness (QED) is 0.603. The van der Waals surface area contributed by atoms with Gasteiger partial charge in [-0.2, -0.15) is 0 Å². The molecule has 0 saturated carbocycles. The number of Topliss-reactive ketones (excluding diaryl/α,β-unsaturated/α-hetero) is 2. The molecule has 0 spiro atoms. The SMILES string of the molecule is CCc1ccc(C(=O)C(F)C(=O)C(C)(C)C)cc1CC. The summed E-state index contributed by atoms with van der Waals surface area (Å²) in [7, 11) is 0. The van der Waals surface area contributed by atoms with Gasteiger partial charge >= 0.3 is 0 Å². The second kappa shape index (κ2) is 6.29. The zero-order chi connectivity index (χ0) is 15.5. The van der Waals surface area contributed by atoms with E-state index in [4.69, 9.17) is 0 Å². The average Bonchev–Trinajstić information content (AvgIpc) is 2.42. The molecule has 0 heterocycles. The van der Waals surface area contributed by atoms with Gasteiger partial charge in [-0.3, -0.25) is 9.59 Å². The standard InChI is InChI=1S/C17H23FO2/c1-6-11-8-9-13(10-12(11)7-2)15(19)14(18)16(20)17(3,4)5/h8-10,14H,6-7H2,1-5H3. The van der Waals surface area contributed by atoms with Crippen LogP contribution in [0.5, 0.6) is 0 Å². The molecule has 0 N–H and O–H groups in total. The van der Waals surface area contributed by atoms with E-state index >= 15 is 0 Å². The van der Waals surface area contributed by atoms with Crippen molar-refractivity contribution in [2.24, 2.45) is 5.41 Å². The minimum Gasteiger partial charge on any atom is -0.295 e. The first-order valence-corrected chi connectivity index (χ1v) is 7.06. The summed E-state index contributed by atoms with van der Waals surface area (Å²) in [6.45, 7) is 8.89. The van der Waals surface area contributed by atoms with Gasteiger partial charge in [0, 0.05) is 11.0 Å². The molecule has 0 aliphatic rings. The van der Waals surface area contributed by atoms with Crippen molar-refractivity contribution >= 4 is 11.6 Å². The molecule has 2 nitrogen and oxygen atoms in total. The van der Waals surface area contributed by atoms with E-state index in [0.29, 0.717) is 0 Å². The van der Waals surface area contributed by atoms with Gasteiger partial charge in [-0.25, -0.2) is 4.39 Å².